The number of benzene rings is 1. The molecule has 0 bridgehead atoms. The topological polar surface area (TPSA) is 61.9 Å². The van der Waals surface area contributed by atoms with Gasteiger partial charge in [0.05, 0.1) is 10.7 Å². The van der Waals surface area contributed by atoms with Crippen molar-refractivity contribution in [1.82, 2.24) is 10.2 Å². The molecule has 0 spiro atoms. The second-order valence-electron chi connectivity index (χ2n) is 5.18. The SMILES string of the molecule is CC(C)NC(=O)N1CC(=O)N2c3cc(Cl)cc(Cl)c3OC12. The van der Waals surface area contributed by atoms with E-state index in [1.54, 1.807) is 6.07 Å². The third-order valence-corrected chi connectivity index (χ3v) is 3.71. The third-order valence-electron chi connectivity index (χ3n) is 3.21. The van der Waals surface area contributed by atoms with Crippen molar-refractivity contribution in [3.63, 3.8) is 0 Å². The summed E-state index contributed by atoms with van der Waals surface area (Å²) < 4.78 is 5.68. The number of nitrogens with one attached hydrogen (secondary N) is 1. The number of carbonyl (C=O) groups is 2. The molecule has 0 aliphatic carbocycles. The molecule has 3 rings (SSSR count). The Balaban J connectivity index is 1.94. The van der Waals surface area contributed by atoms with E-state index in [1.165, 1.54) is 15.9 Å². The van der Waals surface area contributed by atoms with E-state index in [0.29, 0.717) is 21.5 Å². The predicted molar refractivity (Wildman–Crippen MR) is 78.7 cm³/mol. The molecule has 0 radical (unpaired) electrons. The molecule has 1 saturated heterocycles. The average molecular weight is 330 g/mol. The number of amides is 3. The summed E-state index contributed by atoms with van der Waals surface area (Å²) in [7, 11) is 0. The molecule has 0 aromatic heterocycles. The number of urea groups is 1. The summed E-state index contributed by atoms with van der Waals surface area (Å²) in [4.78, 5) is 27.0. The van der Waals surface area contributed by atoms with Gasteiger partial charge in [-0.05, 0) is 26.0 Å². The Morgan fingerprint density at radius 1 is 1.43 bits per heavy atom. The zero-order valence-electron chi connectivity index (χ0n) is 11.4. The molecule has 1 fully saturated rings. The largest absolute Gasteiger partial charge is 0.448 e. The van der Waals surface area contributed by atoms with Crippen LogP contribution in [0, 0.1) is 0 Å². The fraction of sp³-hybridized carbons (Fsp3) is 0.385. The van der Waals surface area contributed by atoms with E-state index in [4.69, 9.17) is 27.9 Å². The number of rotatable bonds is 1. The molecule has 0 saturated carbocycles. The van der Waals surface area contributed by atoms with Crippen molar-refractivity contribution in [3.05, 3.63) is 22.2 Å². The summed E-state index contributed by atoms with van der Waals surface area (Å²) in [5.41, 5.74) is 0.488. The number of halogens is 2. The molecule has 1 aromatic carbocycles. The van der Waals surface area contributed by atoms with Crippen LogP contribution in [0.2, 0.25) is 10.0 Å². The summed E-state index contributed by atoms with van der Waals surface area (Å²) in [5, 5.41) is 3.45. The van der Waals surface area contributed by atoms with Crippen LogP contribution < -0.4 is 15.0 Å². The summed E-state index contributed by atoms with van der Waals surface area (Å²) in [5.74, 6) is 0.123. The Labute approximate surface area is 131 Å². The lowest BCUT2D eigenvalue weighted by Gasteiger charge is -2.23. The van der Waals surface area contributed by atoms with Crippen LogP contribution in [0.25, 0.3) is 0 Å². The number of carbonyl (C=O) groups excluding carboxylic acids is 2. The Hall–Kier alpha value is -1.66. The van der Waals surface area contributed by atoms with Gasteiger partial charge in [0, 0.05) is 11.1 Å². The van der Waals surface area contributed by atoms with Crippen LogP contribution in [0.5, 0.6) is 5.75 Å². The normalized spacial score (nSPS) is 19.7. The summed E-state index contributed by atoms with van der Waals surface area (Å²) in [6.07, 6.45) is -0.817. The maximum absolute atomic E-state index is 12.2. The van der Waals surface area contributed by atoms with Crippen LogP contribution in [-0.2, 0) is 4.79 Å². The fourth-order valence-corrected chi connectivity index (χ4v) is 2.91. The highest BCUT2D eigenvalue weighted by molar-refractivity contribution is 6.36. The lowest BCUT2D eigenvalue weighted by Crippen LogP contribution is -2.49. The van der Waals surface area contributed by atoms with Crippen molar-refractivity contribution < 1.29 is 14.3 Å². The van der Waals surface area contributed by atoms with Gasteiger partial charge < -0.3 is 10.1 Å². The zero-order valence-corrected chi connectivity index (χ0v) is 12.9. The molecule has 6 nitrogen and oxygen atoms in total. The molecule has 8 heteroatoms. The lowest BCUT2D eigenvalue weighted by molar-refractivity contribution is -0.116. The molecule has 2 heterocycles. The highest BCUT2D eigenvalue weighted by atomic mass is 35.5. The minimum Gasteiger partial charge on any atom is -0.448 e. The zero-order chi connectivity index (χ0) is 15.3. The Kier molecular flexibility index (Phi) is 3.37. The van der Waals surface area contributed by atoms with Crippen LogP contribution >= 0.6 is 23.2 Å². The van der Waals surface area contributed by atoms with Gasteiger partial charge in [0.1, 0.15) is 6.54 Å². The van der Waals surface area contributed by atoms with E-state index in [9.17, 15) is 9.59 Å². The minimum atomic E-state index is -0.817. The maximum atomic E-state index is 12.2. The number of anilines is 1. The highest BCUT2D eigenvalue weighted by Gasteiger charge is 2.49. The highest BCUT2D eigenvalue weighted by Crippen LogP contribution is 2.46. The van der Waals surface area contributed by atoms with E-state index >= 15 is 0 Å². The van der Waals surface area contributed by atoms with Gasteiger partial charge in [-0.3, -0.25) is 14.6 Å². The van der Waals surface area contributed by atoms with Gasteiger partial charge in [0.2, 0.25) is 0 Å². The van der Waals surface area contributed by atoms with Crippen LogP contribution in [0.3, 0.4) is 0 Å². The molecule has 1 atom stereocenters. The molecule has 1 N–H and O–H groups in total. The quantitative estimate of drug-likeness (QED) is 0.860. The Morgan fingerprint density at radius 3 is 2.81 bits per heavy atom. The standard InChI is InChI=1S/C13H13Cl2N3O3/c1-6(2)16-12(20)17-5-10(19)18-9-4-7(14)3-8(15)11(9)21-13(17)18/h3-4,6,13H,5H2,1-2H3,(H,16,20). The second kappa shape index (κ2) is 4.96. The smallest absolute Gasteiger partial charge is 0.322 e. The van der Waals surface area contributed by atoms with Crippen molar-refractivity contribution >= 4 is 40.8 Å². The predicted octanol–water partition coefficient (Wildman–Crippen LogP) is 2.44. The van der Waals surface area contributed by atoms with Gasteiger partial charge in [-0.15, -0.1) is 0 Å². The first-order valence-electron chi connectivity index (χ1n) is 6.43. The van der Waals surface area contributed by atoms with E-state index in [0.717, 1.165) is 0 Å². The van der Waals surface area contributed by atoms with Crippen LogP contribution in [0.15, 0.2) is 12.1 Å². The fourth-order valence-electron chi connectivity index (χ4n) is 2.38. The Bertz CT molecular complexity index is 635. The first-order valence-corrected chi connectivity index (χ1v) is 7.19. The number of hydrogen-bond acceptors (Lipinski definition) is 3. The van der Waals surface area contributed by atoms with Crippen molar-refractivity contribution in [2.24, 2.45) is 0 Å². The molecule has 2 aliphatic heterocycles. The van der Waals surface area contributed by atoms with E-state index in [-0.39, 0.29) is 24.5 Å². The van der Waals surface area contributed by atoms with Crippen LogP contribution in [0.4, 0.5) is 10.5 Å². The molecule has 2 aliphatic rings. The Morgan fingerprint density at radius 2 is 2.14 bits per heavy atom. The molecule has 3 amide bonds. The van der Waals surface area contributed by atoms with Crippen LogP contribution in [0.1, 0.15) is 13.8 Å². The van der Waals surface area contributed by atoms with Gasteiger partial charge in [-0.2, -0.15) is 0 Å². The van der Waals surface area contributed by atoms with Crippen molar-refractivity contribution in [2.45, 2.75) is 26.2 Å². The van der Waals surface area contributed by atoms with Crippen molar-refractivity contribution in [2.75, 3.05) is 11.4 Å². The molecular formula is C13H13Cl2N3O3. The number of ether oxygens (including phenoxy) is 1. The van der Waals surface area contributed by atoms with Crippen molar-refractivity contribution in [3.8, 4) is 5.75 Å². The van der Waals surface area contributed by atoms with E-state index in [2.05, 4.69) is 5.32 Å². The van der Waals surface area contributed by atoms with Crippen molar-refractivity contribution in [1.29, 1.82) is 0 Å². The second-order valence-corrected chi connectivity index (χ2v) is 6.02. The van der Waals surface area contributed by atoms with Crippen LogP contribution in [-0.4, -0.2) is 35.8 Å². The minimum absolute atomic E-state index is 0.0385. The molecular weight excluding hydrogens is 317 g/mol. The van der Waals surface area contributed by atoms with Gasteiger partial charge >= 0.3 is 6.03 Å². The first kappa shape index (κ1) is 14.3. The van der Waals surface area contributed by atoms with E-state index < -0.39 is 6.35 Å². The maximum Gasteiger partial charge on any atom is 0.322 e. The molecule has 112 valence electrons. The molecule has 1 aromatic rings. The lowest BCUT2D eigenvalue weighted by atomic mass is 10.3. The average Bonchev–Trinajstić information content (AvgIpc) is 2.87. The summed E-state index contributed by atoms with van der Waals surface area (Å²) >= 11 is 12.0. The summed E-state index contributed by atoms with van der Waals surface area (Å²) in [6.45, 7) is 3.63. The summed E-state index contributed by atoms with van der Waals surface area (Å²) in [6, 6.07) is 2.74. The van der Waals surface area contributed by atoms with Gasteiger partial charge in [0.15, 0.2) is 5.75 Å². The first-order chi connectivity index (χ1) is 9.88. The number of fused-ring (bicyclic) bond motifs is 3. The molecule has 21 heavy (non-hydrogen) atoms. The molecule has 1 unspecified atom stereocenters. The van der Waals surface area contributed by atoms with Gasteiger partial charge in [0.25, 0.3) is 12.3 Å². The number of hydrogen-bond donors (Lipinski definition) is 1. The van der Waals surface area contributed by atoms with Gasteiger partial charge in [-0.1, -0.05) is 23.2 Å². The van der Waals surface area contributed by atoms with Gasteiger partial charge in [-0.25, -0.2) is 4.79 Å². The van der Waals surface area contributed by atoms with E-state index in [1.807, 2.05) is 13.8 Å². The third kappa shape index (κ3) is 2.28. The monoisotopic (exact) mass is 329 g/mol. The number of nitrogens with zero attached hydrogens (tertiary/aromatic N) is 2.